The molecule has 2 fully saturated rings. The fraction of sp³-hybridized carbons (Fsp3) is 0.514. The van der Waals surface area contributed by atoms with Gasteiger partial charge in [0.15, 0.2) is 34.7 Å². The van der Waals surface area contributed by atoms with Crippen molar-refractivity contribution in [2.24, 2.45) is 34.8 Å². The summed E-state index contributed by atoms with van der Waals surface area (Å²) in [6.07, 6.45) is -4.63. The lowest BCUT2D eigenvalue weighted by Crippen LogP contribution is -2.74. The second kappa shape index (κ2) is 13.5. The Labute approximate surface area is 304 Å². The van der Waals surface area contributed by atoms with Crippen molar-refractivity contribution in [3.8, 4) is 5.75 Å². The number of primary amides is 1. The first-order valence-corrected chi connectivity index (χ1v) is 17.0. The predicted octanol–water partition coefficient (Wildman–Crippen LogP) is 3.03. The number of phenols is 1. The lowest BCUT2D eigenvalue weighted by molar-refractivity contribution is -0.181. The van der Waals surface area contributed by atoms with Crippen molar-refractivity contribution in [2.75, 3.05) is 45.0 Å². The first kappa shape index (κ1) is 39.4. The molecule has 2 aromatic rings. The summed E-state index contributed by atoms with van der Waals surface area (Å²) in [7, 11) is 6.41. The topological polar surface area (TPSA) is 191 Å². The number of nitrogens with two attached hydrogens (primary N) is 1. The lowest BCUT2D eigenvalue weighted by atomic mass is 9.52. The summed E-state index contributed by atoms with van der Waals surface area (Å²) in [5.41, 5.74) is 1.99. The van der Waals surface area contributed by atoms with Gasteiger partial charge in [0, 0.05) is 43.5 Å². The van der Waals surface area contributed by atoms with Gasteiger partial charge >= 0.3 is 12.2 Å². The van der Waals surface area contributed by atoms with Crippen LogP contribution in [0.3, 0.4) is 0 Å². The van der Waals surface area contributed by atoms with Gasteiger partial charge in [0.25, 0.3) is 0 Å². The highest BCUT2D eigenvalue weighted by Gasteiger charge is 2.69. The fourth-order valence-corrected chi connectivity index (χ4v) is 8.15. The number of Topliss-reactive ketones (excluding diaryl/α,β-unsaturated/α-hetero) is 4. The number of hydrogen-bond acceptors (Lipinski definition) is 10. The summed E-state index contributed by atoms with van der Waals surface area (Å²) in [4.78, 5) is 86.1. The van der Waals surface area contributed by atoms with Gasteiger partial charge < -0.3 is 31.1 Å². The van der Waals surface area contributed by atoms with Crippen LogP contribution in [0, 0.1) is 29.1 Å². The minimum Gasteiger partial charge on any atom is -0.507 e. The molecule has 0 heterocycles. The summed E-state index contributed by atoms with van der Waals surface area (Å²) < 4.78 is 39.3. The number of halogens is 3. The number of carbonyl (C=O) groups excluding carboxylic acids is 6. The molecule has 3 aliphatic rings. The summed E-state index contributed by atoms with van der Waals surface area (Å²) in [5, 5.41) is 26.3. The van der Waals surface area contributed by atoms with E-state index in [1.807, 2.05) is 20.8 Å². The first-order valence-electron chi connectivity index (χ1n) is 17.0. The second-order valence-electron chi connectivity index (χ2n) is 15.9. The fourth-order valence-electron chi connectivity index (χ4n) is 8.15. The summed E-state index contributed by atoms with van der Waals surface area (Å²) >= 11 is 0. The molecule has 3 aliphatic carbocycles. The molecule has 13 nitrogen and oxygen atoms in total. The zero-order valence-electron chi connectivity index (χ0n) is 30.5. The molecule has 0 aliphatic heterocycles. The minimum absolute atomic E-state index is 0.0489. The molecule has 53 heavy (non-hydrogen) atoms. The summed E-state index contributed by atoms with van der Waals surface area (Å²) in [6, 6.07) is 3.57. The predicted molar refractivity (Wildman–Crippen MR) is 186 cm³/mol. The number of hydrogen-bond donors (Lipinski definition) is 4. The SMILES string of the molecule is CN(C)c1cc(CN(CC(C)(C)C)C(=O)Nc2ccc(C(F)(F)F)cc2)c(O)c2c1CC1CC3C(N(C)C)C(=O)C(C(N)=O)C(=O)C3(O)C(=O)C1C2=O. The van der Waals surface area contributed by atoms with Crippen LogP contribution in [0.1, 0.15) is 54.2 Å². The highest BCUT2D eigenvalue weighted by Crippen LogP contribution is 2.52. The number of phenolic OH excluding ortho intramolecular Hbond substituents is 1. The van der Waals surface area contributed by atoms with Crippen LogP contribution in [0.4, 0.5) is 29.3 Å². The summed E-state index contributed by atoms with van der Waals surface area (Å²) in [5.74, 6) is -11.9. The molecule has 286 valence electrons. The number of nitrogens with one attached hydrogen (secondary N) is 1. The molecule has 3 amide bonds. The Bertz CT molecular complexity index is 1890. The van der Waals surface area contributed by atoms with Crippen molar-refractivity contribution in [1.82, 2.24) is 9.80 Å². The number of aliphatic hydroxyl groups is 1. The van der Waals surface area contributed by atoms with Crippen LogP contribution in [0.2, 0.25) is 0 Å². The molecular weight excluding hydrogens is 699 g/mol. The van der Waals surface area contributed by atoms with Gasteiger partial charge in [-0.1, -0.05) is 20.8 Å². The Morgan fingerprint density at radius 2 is 1.60 bits per heavy atom. The van der Waals surface area contributed by atoms with E-state index in [1.165, 1.54) is 23.9 Å². The molecule has 2 aromatic carbocycles. The second-order valence-corrected chi connectivity index (χ2v) is 15.9. The number of benzene rings is 2. The molecule has 6 atom stereocenters. The largest absolute Gasteiger partial charge is 0.507 e. The van der Waals surface area contributed by atoms with Crippen molar-refractivity contribution in [3.63, 3.8) is 0 Å². The van der Waals surface area contributed by atoms with Crippen molar-refractivity contribution < 1.29 is 52.2 Å². The third-order valence-electron chi connectivity index (χ3n) is 10.4. The molecule has 5 rings (SSSR count). The number of urea groups is 1. The van der Waals surface area contributed by atoms with Gasteiger partial charge in [-0.15, -0.1) is 0 Å². The van der Waals surface area contributed by atoms with Crippen LogP contribution in [-0.4, -0.2) is 101 Å². The number of carbonyl (C=O) groups is 6. The quantitative estimate of drug-likeness (QED) is 0.307. The van der Waals surface area contributed by atoms with E-state index in [-0.39, 0.29) is 42.7 Å². The zero-order chi connectivity index (χ0) is 39.7. The number of amides is 3. The Balaban J connectivity index is 1.55. The average Bonchev–Trinajstić information content (AvgIpc) is 3.02. The van der Waals surface area contributed by atoms with E-state index in [9.17, 15) is 52.2 Å². The molecule has 16 heteroatoms. The lowest BCUT2D eigenvalue weighted by Gasteiger charge is -2.52. The number of fused-ring (bicyclic) bond motifs is 3. The van der Waals surface area contributed by atoms with Gasteiger partial charge in [0.05, 0.1) is 29.6 Å². The van der Waals surface area contributed by atoms with Crippen LogP contribution < -0.4 is 16.0 Å². The smallest absolute Gasteiger partial charge is 0.416 e. The van der Waals surface area contributed by atoms with Crippen LogP contribution in [0.25, 0.3) is 0 Å². The molecular formula is C37H44F3N5O8. The third-order valence-corrected chi connectivity index (χ3v) is 10.4. The molecule has 0 saturated heterocycles. The van der Waals surface area contributed by atoms with Crippen molar-refractivity contribution >= 4 is 46.4 Å². The van der Waals surface area contributed by atoms with Crippen LogP contribution in [0.15, 0.2) is 30.3 Å². The highest BCUT2D eigenvalue weighted by atomic mass is 19.4. The van der Waals surface area contributed by atoms with Gasteiger partial charge in [-0.2, -0.15) is 13.2 Å². The monoisotopic (exact) mass is 743 g/mol. The standard InChI is InChI=1S/C37H44F3N5O8/c1-35(2,3)16-45(34(52)42-20-10-8-19(9-11-20)37(38,39)40)15-18-14-23(43(4)5)21-12-17-13-22-27(44(6)7)30(48)26(33(41)51)32(50)36(22,53)31(49)24(17)29(47)25(21)28(18)46/h8-11,14,17,22,24,26-27,46,53H,12-13,15-16H2,1-7H3,(H2,41,51)(H,42,52). The maximum Gasteiger partial charge on any atom is 0.416 e. The first-order chi connectivity index (χ1) is 24.4. The van der Waals surface area contributed by atoms with Crippen LogP contribution in [-0.2, 0) is 38.3 Å². The number of anilines is 2. The maximum absolute atomic E-state index is 14.5. The molecule has 0 spiro atoms. The Morgan fingerprint density at radius 3 is 2.11 bits per heavy atom. The van der Waals surface area contributed by atoms with E-state index in [4.69, 9.17) is 5.73 Å². The zero-order valence-corrected chi connectivity index (χ0v) is 30.5. The number of nitrogens with zero attached hydrogens (tertiary/aromatic N) is 3. The van der Waals surface area contributed by atoms with Crippen molar-refractivity contribution in [1.29, 1.82) is 0 Å². The normalized spacial score (nSPS) is 25.8. The third kappa shape index (κ3) is 6.89. The maximum atomic E-state index is 14.5. The van der Waals surface area contributed by atoms with E-state index in [2.05, 4.69) is 5.32 Å². The minimum atomic E-state index is -4.57. The van der Waals surface area contributed by atoms with Gasteiger partial charge in [-0.25, -0.2) is 4.79 Å². The molecule has 0 radical (unpaired) electrons. The van der Waals surface area contributed by atoms with E-state index < -0.39 is 93.3 Å². The highest BCUT2D eigenvalue weighted by molar-refractivity contribution is 6.32. The molecule has 5 N–H and O–H groups in total. The van der Waals surface area contributed by atoms with Gasteiger partial charge in [-0.3, -0.25) is 28.9 Å². The Kier molecular flexibility index (Phi) is 10.1. The van der Waals surface area contributed by atoms with Crippen LogP contribution >= 0.6 is 0 Å². The van der Waals surface area contributed by atoms with E-state index in [1.54, 1.807) is 25.1 Å². The average molecular weight is 744 g/mol. The van der Waals surface area contributed by atoms with Crippen molar-refractivity contribution in [3.05, 3.63) is 52.6 Å². The van der Waals surface area contributed by atoms with E-state index in [0.29, 0.717) is 11.3 Å². The Morgan fingerprint density at radius 1 is 1.00 bits per heavy atom. The van der Waals surface area contributed by atoms with E-state index in [0.717, 1.165) is 24.3 Å². The number of alkyl halides is 3. The molecule has 2 saturated carbocycles. The van der Waals surface area contributed by atoms with Gasteiger partial charge in [0.2, 0.25) is 5.91 Å². The number of ketones is 4. The van der Waals surface area contributed by atoms with Gasteiger partial charge in [-0.05, 0) is 74.2 Å². The van der Waals surface area contributed by atoms with Crippen molar-refractivity contribution in [2.45, 2.75) is 58.0 Å². The molecule has 6 unspecified atom stereocenters. The molecule has 0 aromatic heterocycles. The molecule has 0 bridgehead atoms. The van der Waals surface area contributed by atoms with Gasteiger partial charge in [0.1, 0.15) is 5.75 Å². The van der Waals surface area contributed by atoms with Crippen LogP contribution in [0.5, 0.6) is 5.75 Å². The number of aromatic hydroxyl groups is 1. The summed E-state index contributed by atoms with van der Waals surface area (Å²) in [6.45, 7) is 5.39. The van der Waals surface area contributed by atoms with E-state index >= 15 is 0 Å². The Hall–Kier alpha value is -4.83. The number of likely N-dealkylation sites (N-methyl/N-ethyl adjacent to an activating group) is 1. The number of rotatable bonds is 7.